The van der Waals surface area contributed by atoms with Gasteiger partial charge in [-0.1, -0.05) is 80.6 Å². The molecule has 3 N–H and O–H groups in total. The van der Waals surface area contributed by atoms with Crippen LogP contribution in [0.1, 0.15) is 43.1 Å². The summed E-state index contributed by atoms with van der Waals surface area (Å²) in [6.07, 6.45) is -0.555. The Morgan fingerprint density at radius 2 is 1.60 bits per heavy atom. The molecule has 1 aliphatic heterocycles. The number of carboxylic acid groups (broad SMARTS) is 1. The van der Waals surface area contributed by atoms with Gasteiger partial charge in [-0.3, -0.25) is 19.5 Å². The first kappa shape index (κ1) is 27.1. The van der Waals surface area contributed by atoms with E-state index >= 15 is 0 Å². The van der Waals surface area contributed by atoms with Crippen molar-refractivity contribution in [3.63, 3.8) is 0 Å². The summed E-state index contributed by atoms with van der Waals surface area (Å²) in [4.78, 5) is 53.9. The van der Waals surface area contributed by atoms with Crippen molar-refractivity contribution >= 4 is 44.5 Å². The number of likely N-dealkylation sites (tertiary alicyclic amines) is 1. The lowest BCUT2D eigenvalue weighted by molar-refractivity contribution is 0.0983. The number of thiophene rings is 1. The highest BCUT2D eigenvalue weighted by Gasteiger charge is 2.44. The Kier molecular flexibility index (Phi) is 7.20. The molecule has 40 heavy (non-hydrogen) atoms. The molecule has 0 radical (unpaired) electrons. The number of nitrogens with zero attached hydrogens (tertiary/aromatic N) is 2. The van der Waals surface area contributed by atoms with Crippen LogP contribution in [-0.4, -0.2) is 51.1 Å². The summed E-state index contributed by atoms with van der Waals surface area (Å²) in [6.45, 7) is 6.14. The molecule has 3 heterocycles. The molecule has 3 amide bonds. The van der Waals surface area contributed by atoms with E-state index in [1.807, 2.05) is 45.0 Å². The topological polar surface area (TPSA) is 121 Å². The lowest BCUT2D eigenvalue weighted by Gasteiger charge is -2.37. The molecule has 1 aliphatic rings. The minimum absolute atomic E-state index is 0.262. The fourth-order valence-corrected chi connectivity index (χ4v) is 6.70. The van der Waals surface area contributed by atoms with Crippen molar-refractivity contribution < 1.29 is 19.5 Å². The van der Waals surface area contributed by atoms with E-state index in [0.717, 1.165) is 11.3 Å². The summed E-state index contributed by atoms with van der Waals surface area (Å²) in [5.74, 6) is -0.286. The largest absolute Gasteiger partial charge is 0.465 e. The van der Waals surface area contributed by atoms with E-state index in [4.69, 9.17) is 0 Å². The van der Waals surface area contributed by atoms with Gasteiger partial charge < -0.3 is 15.3 Å². The second-order valence-electron chi connectivity index (χ2n) is 10.8. The van der Waals surface area contributed by atoms with Gasteiger partial charge in [0.05, 0.1) is 23.3 Å². The molecular weight excluding hydrogens is 528 g/mol. The highest BCUT2D eigenvalue weighted by Crippen LogP contribution is 2.38. The van der Waals surface area contributed by atoms with Crippen molar-refractivity contribution in [1.82, 2.24) is 14.8 Å². The van der Waals surface area contributed by atoms with Gasteiger partial charge in [0, 0.05) is 23.6 Å². The number of hydrogen-bond acceptors (Lipinski definition) is 5. The van der Waals surface area contributed by atoms with Crippen LogP contribution >= 0.6 is 11.3 Å². The standard InChI is InChI=1S/C30H30N4O5S/c1-30(2,3)25-21(16-17-33(25)29(38)39)31-28(37)32-26-23(24(36)18-10-6-4-7-11-18)20-14-15-22(35)34(27(20)40-26)19-12-8-5-9-13-19/h4-15,21,25H,16-17H2,1-3H3,(H,38,39)(H2,31,32,37)/t21-,25?/m1/s1. The number of carbonyl (C=O) groups is 3. The number of para-hydroxylation sites is 1. The van der Waals surface area contributed by atoms with Gasteiger partial charge in [-0.25, -0.2) is 9.59 Å². The minimum atomic E-state index is -1.02. The van der Waals surface area contributed by atoms with Crippen LogP contribution in [0.3, 0.4) is 0 Å². The summed E-state index contributed by atoms with van der Waals surface area (Å²) >= 11 is 1.15. The zero-order valence-corrected chi connectivity index (χ0v) is 23.2. The van der Waals surface area contributed by atoms with Gasteiger partial charge in [-0.15, -0.1) is 0 Å². The van der Waals surface area contributed by atoms with E-state index in [9.17, 15) is 24.3 Å². The summed E-state index contributed by atoms with van der Waals surface area (Å²) in [7, 11) is 0. The molecule has 1 saturated heterocycles. The molecule has 0 saturated carbocycles. The maximum atomic E-state index is 13.8. The number of fused-ring (bicyclic) bond motifs is 1. The molecule has 0 spiro atoms. The van der Waals surface area contributed by atoms with E-state index < -0.39 is 29.6 Å². The molecule has 0 bridgehead atoms. The van der Waals surface area contributed by atoms with Crippen molar-refractivity contribution in [2.45, 2.75) is 39.3 Å². The third-order valence-corrected chi connectivity index (χ3v) is 8.20. The van der Waals surface area contributed by atoms with E-state index in [2.05, 4.69) is 10.6 Å². The second kappa shape index (κ2) is 10.6. The summed E-state index contributed by atoms with van der Waals surface area (Å²) < 4.78 is 1.53. The first-order chi connectivity index (χ1) is 19.1. The van der Waals surface area contributed by atoms with Crippen molar-refractivity contribution in [2.24, 2.45) is 5.41 Å². The van der Waals surface area contributed by atoms with Gasteiger partial charge in [0.2, 0.25) is 0 Å². The molecule has 5 rings (SSSR count). The van der Waals surface area contributed by atoms with E-state index in [-0.39, 0.29) is 16.9 Å². The predicted molar refractivity (Wildman–Crippen MR) is 156 cm³/mol. The molecule has 2 aromatic carbocycles. The molecule has 10 heteroatoms. The Hall–Kier alpha value is -4.44. The highest BCUT2D eigenvalue weighted by atomic mass is 32.1. The van der Waals surface area contributed by atoms with Gasteiger partial charge in [0.15, 0.2) is 5.78 Å². The third-order valence-electron chi connectivity index (χ3n) is 7.09. The number of nitrogens with one attached hydrogen (secondary N) is 2. The summed E-state index contributed by atoms with van der Waals surface area (Å²) in [6, 6.07) is 19.5. The van der Waals surface area contributed by atoms with Gasteiger partial charge in [0.25, 0.3) is 5.56 Å². The van der Waals surface area contributed by atoms with Crippen LogP contribution in [0.25, 0.3) is 15.9 Å². The maximum Gasteiger partial charge on any atom is 0.407 e. The Labute approximate surface area is 235 Å². The number of rotatable bonds is 5. The Morgan fingerprint density at radius 3 is 2.23 bits per heavy atom. The number of benzene rings is 2. The molecule has 2 atom stereocenters. The van der Waals surface area contributed by atoms with Gasteiger partial charge in [-0.05, 0) is 30.0 Å². The van der Waals surface area contributed by atoms with Crippen molar-refractivity contribution in [2.75, 3.05) is 11.9 Å². The SMILES string of the molecule is CC(C)(C)C1[C@H](NC(=O)Nc2sc3c(ccc(=O)n3-c3ccccc3)c2C(=O)c2ccccc2)CCN1C(=O)O. The van der Waals surface area contributed by atoms with Gasteiger partial charge >= 0.3 is 12.1 Å². The van der Waals surface area contributed by atoms with Crippen molar-refractivity contribution in [1.29, 1.82) is 0 Å². The molecule has 206 valence electrons. The number of aromatic nitrogens is 1. The molecule has 4 aromatic rings. The summed E-state index contributed by atoms with van der Waals surface area (Å²) in [5.41, 5.74) is 0.704. The number of pyridine rings is 1. The Balaban J connectivity index is 1.56. The van der Waals surface area contributed by atoms with Crippen LogP contribution in [0.2, 0.25) is 0 Å². The van der Waals surface area contributed by atoms with Crippen LogP contribution in [0.15, 0.2) is 77.6 Å². The minimum Gasteiger partial charge on any atom is -0.465 e. The second-order valence-corrected chi connectivity index (χ2v) is 11.8. The normalized spacial score (nSPS) is 17.1. The van der Waals surface area contributed by atoms with Crippen LogP contribution in [0, 0.1) is 5.41 Å². The lowest BCUT2D eigenvalue weighted by atomic mass is 9.83. The van der Waals surface area contributed by atoms with Crippen LogP contribution in [0.5, 0.6) is 0 Å². The quantitative estimate of drug-likeness (QED) is 0.277. The smallest absolute Gasteiger partial charge is 0.407 e. The first-order valence-electron chi connectivity index (χ1n) is 13.0. The molecule has 1 fully saturated rings. The predicted octanol–water partition coefficient (Wildman–Crippen LogP) is 5.57. The molecule has 1 unspecified atom stereocenters. The Bertz CT molecular complexity index is 1640. The number of carbonyl (C=O) groups excluding carboxylic acids is 2. The number of hydrogen-bond donors (Lipinski definition) is 3. The lowest BCUT2D eigenvalue weighted by Crippen LogP contribution is -2.53. The molecule has 9 nitrogen and oxygen atoms in total. The fraction of sp³-hybridized carbons (Fsp3) is 0.267. The fourth-order valence-electron chi connectivity index (χ4n) is 5.49. The van der Waals surface area contributed by atoms with Crippen molar-refractivity contribution in [3.05, 3.63) is 94.3 Å². The number of ketones is 1. The molecular formula is C30H30N4O5S. The third kappa shape index (κ3) is 5.10. The monoisotopic (exact) mass is 558 g/mol. The zero-order valence-electron chi connectivity index (χ0n) is 22.4. The average molecular weight is 559 g/mol. The molecule has 2 aromatic heterocycles. The zero-order chi connectivity index (χ0) is 28.6. The average Bonchev–Trinajstić information content (AvgIpc) is 3.50. The number of amides is 3. The van der Waals surface area contributed by atoms with Gasteiger partial charge in [-0.2, -0.15) is 0 Å². The van der Waals surface area contributed by atoms with Crippen molar-refractivity contribution in [3.8, 4) is 5.69 Å². The first-order valence-corrected chi connectivity index (χ1v) is 13.8. The highest BCUT2D eigenvalue weighted by molar-refractivity contribution is 7.23. The van der Waals surface area contributed by atoms with E-state index in [1.54, 1.807) is 42.5 Å². The van der Waals surface area contributed by atoms with Crippen LogP contribution < -0.4 is 16.2 Å². The number of anilines is 1. The van der Waals surface area contributed by atoms with E-state index in [1.165, 1.54) is 15.5 Å². The molecule has 0 aliphatic carbocycles. The number of urea groups is 1. The van der Waals surface area contributed by atoms with E-state index in [0.29, 0.717) is 39.4 Å². The van der Waals surface area contributed by atoms with Crippen LogP contribution in [-0.2, 0) is 0 Å². The maximum absolute atomic E-state index is 13.8. The summed E-state index contributed by atoms with van der Waals surface area (Å²) in [5, 5.41) is 16.4. The van der Waals surface area contributed by atoms with Crippen LogP contribution in [0.4, 0.5) is 14.6 Å². The Morgan fingerprint density at radius 1 is 0.950 bits per heavy atom. The van der Waals surface area contributed by atoms with Gasteiger partial charge in [0.1, 0.15) is 9.83 Å².